The van der Waals surface area contributed by atoms with Crippen molar-refractivity contribution in [2.45, 2.75) is 471 Å². The number of rotatable bonds is 84. The van der Waals surface area contributed by atoms with Crippen molar-refractivity contribution < 1.29 is 80.2 Å². The molecule has 0 aromatic carbocycles. The first-order chi connectivity index (χ1) is 50.4. The SMILES string of the molecule is CCCCCCCCCCCCCCCCCCCCCC(=O)OC[C@H](COP(=O)(O)OC[C@@H](O)COP(=O)(O)OC[C@@H](COC(=O)CCCCCCCCCCC(C)C)OC(=O)CCCCCCCCCCCCCCCCC)OC(=O)CCCCCCCCCCCCCCCCCCC(C)C. The van der Waals surface area contributed by atoms with Gasteiger partial charge in [-0.05, 0) is 37.5 Å². The van der Waals surface area contributed by atoms with Gasteiger partial charge in [-0.2, -0.15) is 0 Å². The van der Waals surface area contributed by atoms with Gasteiger partial charge in [0.25, 0.3) is 0 Å². The third kappa shape index (κ3) is 78.2. The fourth-order valence-electron chi connectivity index (χ4n) is 13.2. The summed E-state index contributed by atoms with van der Waals surface area (Å²) in [4.78, 5) is 73.2. The molecule has 0 saturated carbocycles. The molecule has 0 aliphatic carbocycles. The highest BCUT2D eigenvalue weighted by Gasteiger charge is 2.30. The van der Waals surface area contributed by atoms with Crippen molar-refractivity contribution >= 4 is 39.5 Å². The van der Waals surface area contributed by atoms with Gasteiger partial charge in [0.2, 0.25) is 0 Å². The van der Waals surface area contributed by atoms with Crippen LogP contribution in [0, 0.1) is 11.8 Å². The van der Waals surface area contributed by atoms with E-state index in [4.69, 9.17) is 37.0 Å². The van der Waals surface area contributed by atoms with Gasteiger partial charge in [-0.1, -0.05) is 401 Å². The van der Waals surface area contributed by atoms with Gasteiger partial charge < -0.3 is 33.8 Å². The van der Waals surface area contributed by atoms with Crippen molar-refractivity contribution in [3.8, 4) is 0 Å². The van der Waals surface area contributed by atoms with Crippen molar-refractivity contribution in [2.75, 3.05) is 39.6 Å². The number of unbranched alkanes of at least 4 members (excludes halogenated alkanes) is 54. The molecule has 19 heteroatoms. The monoisotopic (exact) mass is 1520 g/mol. The van der Waals surface area contributed by atoms with Crippen LogP contribution < -0.4 is 0 Å². The second-order valence-electron chi connectivity index (χ2n) is 31.5. The van der Waals surface area contributed by atoms with Gasteiger partial charge in [-0.25, -0.2) is 9.13 Å². The Morgan fingerprint density at radius 1 is 0.260 bits per heavy atom. The highest BCUT2D eigenvalue weighted by molar-refractivity contribution is 7.47. The lowest BCUT2D eigenvalue weighted by atomic mass is 10.0. The average Bonchev–Trinajstić information content (AvgIpc) is 0.949. The number of aliphatic hydroxyl groups is 1. The lowest BCUT2D eigenvalue weighted by Crippen LogP contribution is -2.30. The Balaban J connectivity index is 5.24. The molecule has 618 valence electrons. The van der Waals surface area contributed by atoms with Crippen LogP contribution in [0.1, 0.15) is 452 Å². The molecule has 0 rings (SSSR count). The smallest absolute Gasteiger partial charge is 0.462 e. The van der Waals surface area contributed by atoms with Gasteiger partial charge >= 0.3 is 39.5 Å². The van der Waals surface area contributed by atoms with Gasteiger partial charge in [-0.3, -0.25) is 37.3 Å². The zero-order chi connectivity index (χ0) is 76.4. The molecule has 0 radical (unpaired) electrons. The molecule has 0 bridgehead atoms. The molecule has 0 saturated heterocycles. The third-order valence-electron chi connectivity index (χ3n) is 20.0. The largest absolute Gasteiger partial charge is 0.472 e. The van der Waals surface area contributed by atoms with E-state index in [1.54, 1.807) is 0 Å². The van der Waals surface area contributed by atoms with Crippen LogP contribution in [0.15, 0.2) is 0 Å². The van der Waals surface area contributed by atoms with Crippen LogP contribution in [0.2, 0.25) is 0 Å². The zero-order valence-electron chi connectivity index (χ0n) is 68.3. The van der Waals surface area contributed by atoms with E-state index in [1.165, 1.54) is 270 Å². The summed E-state index contributed by atoms with van der Waals surface area (Å²) in [6, 6.07) is 0. The Morgan fingerprint density at radius 2 is 0.442 bits per heavy atom. The van der Waals surface area contributed by atoms with Crippen LogP contribution in [0.25, 0.3) is 0 Å². The standard InChI is InChI=1S/C85H166O17P2/c1-7-9-11-13-15-17-19-21-23-24-25-26-31-34-38-42-49-55-61-67-82(87)95-73-80(101-84(89)70-64-58-52-44-40-36-32-28-27-30-33-37-41-47-53-59-65-77(3)4)75-99-103(91,92)97-71-79(86)72-98-104(93,94)100-76-81(74-96-83(88)68-62-56-50-46-45-48-54-60-66-78(5)6)102-85(90)69-63-57-51-43-39-35-29-22-20-18-16-14-12-10-8-2/h77-81,86H,7-76H2,1-6H3,(H,91,92)(H,93,94)/t79-,80-,81-/m1/s1. The van der Waals surface area contributed by atoms with E-state index in [-0.39, 0.29) is 25.7 Å². The number of carbonyl (C=O) groups is 4. The summed E-state index contributed by atoms with van der Waals surface area (Å²) < 4.78 is 68.9. The van der Waals surface area contributed by atoms with Crippen molar-refractivity contribution in [2.24, 2.45) is 11.8 Å². The van der Waals surface area contributed by atoms with Gasteiger partial charge in [0.1, 0.15) is 19.3 Å². The van der Waals surface area contributed by atoms with E-state index in [0.29, 0.717) is 25.7 Å². The van der Waals surface area contributed by atoms with E-state index in [2.05, 4.69) is 41.5 Å². The molecule has 5 atom stereocenters. The molecular weight excluding hydrogens is 1350 g/mol. The fourth-order valence-corrected chi connectivity index (χ4v) is 14.8. The van der Waals surface area contributed by atoms with Crippen LogP contribution in [0.5, 0.6) is 0 Å². The number of esters is 4. The summed E-state index contributed by atoms with van der Waals surface area (Å²) in [7, 11) is -9.93. The van der Waals surface area contributed by atoms with Crippen molar-refractivity contribution in [3.63, 3.8) is 0 Å². The first-order valence-electron chi connectivity index (χ1n) is 44.0. The molecule has 104 heavy (non-hydrogen) atoms. The van der Waals surface area contributed by atoms with Crippen LogP contribution in [-0.4, -0.2) is 96.7 Å². The van der Waals surface area contributed by atoms with Crippen molar-refractivity contribution in [3.05, 3.63) is 0 Å². The van der Waals surface area contributed by atoms with Gasteiger partial charge in [0.15, 0.2) is 12.2 Å². The second-order valence-corrected chi connectivity index (χ2v) is 34.4. The number of aliphatic hydroxyl groups excluding tert-OH is 1. The topological polar surface area (TPSA) is 237 Å². The molecule has 0 aliphatic heterocycles. The first-order valence-corrected chi connectivity index (χ1v) is 47.0. The van der Waals surface area contributed by atoms with Crippen LogP contribution in [-0.2, 0) is 65.4 Å². The Kier molecular flexibility index (Phi) is 75.0. The van der Waals surface area contributed by atoms with Crippen LogP contribution in [0.3, 0.4) is 0 Å². The molecule has 3 N–H and O–H groups in total. The quantitative estimate of drug-likeness (QED) is 0.0222. The molecular formula is C85H166O17P2. The summed E-state index contributed by atoms with van der Waals surface area (Å²) in [6.07, 6.45) is 68.0. The van der Waals surface area contributed by atoms with E-state index in [9.17, 15) is 43.2 Å². The minimum absolute atomic E-state index is 0.108. The van der Waals surface area contributed by atoms with E-state index in [0.717, 1.165) is 102 Å². The van der Waals surface area contributed by atoms with Gasteiger partial charge in [-0.15, -0.1) is 0 Å². The predicted molar refractivity (Wildman–Crippen MR) is 428 cm³/mol. The summed E-state index contributed by atoms with van der Waals surface area (Å²) in [5.74, 6) is -0.567. The highest BCUT2D eigenvalue weighted by atomic mass is 31.2. The molecule has 0 amide bonds. The van der Waals surface area contributed by atoms with Crippen molar-refractivity contribution in [1.29, 1.82) is 0 Å². The average molecular weight is 1520 g/mol. The Hall–Kier alpha value is -1.94. The molecule has 0 fully saturated rings. The minimum atomic E-state index is -4.97. The molecule has 0 aromatic heterocycles. The maximum Gasteiger partial charge on any atom is 0.472 e. The normalized spacial score (nSPS) is 13.8. The fraction of sp³-hybridized carbons (Fsp3) is 0.953. The van der Waals surface area contributed by atoms with Crippen molar-refractivity contribution in [1.82, 2.24) is 0 Å². The van der Waals surface area contributed by atoms with Gasteiger partial charge in [0, 0.05) is 25.7 Å². The van der Waals surface area contributed by atoms with E-state index in [1.807, 2.05) is 0 Å². The third-order valence-corrected chi connectivity index (χ3v) is 21.9. The maximum absolute atomic E-state index is 13.1. The van der Waals surface area contributed by atoms with Crippen LogP contribution >= 0.6 is 15.6 Å². The Labute approximate surface area is 638 Å². The molecule has 0 heterocycles. The molecule has 17 nitrogen and oxygen atoms in total. The number of hydrogen-bond acceptors (Lipinski definition) is 15. The number of carbonyl (C=O) groups excluding carboxylic acids is 4. The number of hydrogen-bond donors (Lipinski definition) is 3. The summed E-state index contributed by atoms with van der Waals surface area (Å²) in [6.45, 7) is 9.66. The minimum Gasteiger partial charge on any atom is -0.462 e. The van der Waals surface area contributed by atoms with Crippen LogP contribution in [0.4, 0.5) is 0 Å². The number of phosphoric acid groups is 2. The summed E-state index contributed by atoms with van der Waals surface area (Å²) >= 11 is 0. The first kappa shape index (κ1) is 102. The Bertz CT molecular complexity index is 1990. The maximum atomic E-state index is 13.1. The molecule has 0 spiro atoms. The summed E-state index contributed by atoms with van der Waals surface area (Å²) in [5, 5.41) is 10.7. The molecule has 0 aromatic rings. The second kappa shape index (κ2) is 76.4. The number of ether oxygens (including phenoxy) is 4. The lowest BCUT2D eigenvalue weighted by molar-refractivity contribution is -0.161. The zero-order valence-corrected chi connectivity index (χ0v) is 70.1. The summed E-state index contributed by atoms with van der Waals surface area (Å²) in [5.41, 5.74) is 0. The number of phosphoric ester groups is 2. The molecule has 2 unspecified atom stereocenters. The van der Waals surface area contributed by atoms with Gasteiger partial charge in [0.05, 0.1) is 26.4 Å². The highest BCUT2D eigenvalue weighted by Crippen LogP contribution is 2.45. The van der Waals surface area contributed by atoms with E-state index >= 15 is 0 Å². The van der Waals surface area contributed by atoms with E-state index < -0.39 is 97.5 Å². The predicted octanol–water partition coefficient (Wildman–Crippen LogP) is 25.8. The lowest BCUT2D eigenvalue weighted by Gasteiger charge is -2.21. The molecule has 0 aliphatic rings. The Morgan fingerprint density at radius 3 is 0.654 bits per heavy atom.